The maximum atomic E-state index is 14.2. The summed E-state index contributed by atoms with van der Waals surface area (Å²) in [6, 6.07) is 24.8. The first-order chi connectivity index (χ1) is 23.8. The number of benzene rings is 3. The Morgan fingerprint density at radius 1 is 0.980 bits per heavy atom. The minimum Gasteiger partial charge on any atom is -0.445 e. The van der Waals surface area contributed by atoms with E-state index in [0.717, 1.165) is 11.1 Å². The summed E-state index contributed by atoms with van der Waals surface area (Å²) in [5, 5.41) is 8.63. The van der Waals surface area contributed by atoms with Gasteiger partial charge in [-0.1, -0.05) is 85.5 Å². The van der Waals surface area contributed by atoms with Crippen molar-refractivity contribution in [1.82, 2.24) is 30.5 Å². The van der Waals surface area contributed by atoms with E-state index in [1.54, 1.807) is 29.1 Å². The Kier molecular flexibility index (Phi) is 12.0. The first-order valence-corrected chi connectivity index (χ1v) is 16.5. The molecule has 0 radical (unpaired) electrons. The zero-order valence-corrected chi connectivity index (χ0v) is 27.7. The van der Waals surface area contributed by atoms with Gasteiger partial charge in [-0.05, 0) is 48.1 Å². The van der Waals surface area contributed by atoms with Crippen molar-refractivity contribution in [3.63, 3.8) is 0 Å². The van der Waals surface area contributed by atoms with Crippen molar-refractivity contribution in [1.29, 1.82) is 0 Å². The first-order valence-electron chi connectivity index (χ1n) is 16.5. The molecular formula is C37H43FN6O5. The van der Waals surface area contributed by atoms with Crippen LogP contribution in [0.2, 0.25) is 0 Å². The summed E-state index contributed by atoms with van der Waals surface area (Å²) in [7, 11) is 1.67. The van der Waals surface area contributed by atoms with E-state index in [0.29, 0.717) is 24.9 Å². The van der Waals surface area contributed by atoms with E-state index < -0.39 is 24.3 Å². The number of amides is 5. The van der Waals surface area contributed by atoms with Crippen molar-refractivity contribution >= 4 is 23.9 Å². The zero-order chi connectivity index (χ0) is 34.8. The molecular weight excluding hydrogens is 627 g/mol. The molecule has 258 valence electrons. The summed E-state index contributed by atoms with van der Waals surface area (Å²) in [5.41, 5.74) is 2.97. The predicted molar refractivity (Wildman–Crippen MR) is 182 cm³/mol. The van der Waals surface area contributed by atoms with Gasteiger partial charge in [0.05, 0.1) is 13.1 Å². The van der Waals surface area contributed by atoms with E-state index in [1.165, 1.54) is 28.1 Å². The Labute approximate surface area is 286 Å². The number of nitrogens with one attached hydrogen (secondary N) is 2. The van der Waals surface area contributed by atoms with Gasteiger partial charge in [0, 0.05) is 32.6 Å². The number of fused-ring (bicyclic) bond motifs is 1. The van der Waals surface area contributed by atoms with E-state index in [-0.39, 0.29) is 62.8 Å². The number of nitrogens with zero attached hydrogens (tertiary/aromatic N) is 4. The quantitative estimate of drug-likeness (QED) is 0.205. The lowest BCUT2D eigenvalue weighted by atomic mass is 9.88. The molecule has 0 bridgehead atoms. The SMILES string of the molecule is C=CCOC(=O)NCCC[C@H]1C(=O)N(CCC(c2ccccc2)c2ccccc2)C[C@H]2N1C(=O)CN(C)N2C(=O)NCc1ccc(F)cc1. The minimum atomic E-state index is -0.842. The number of rotatable bonds is 13. The minimum absolute atomic E-state index is 0.0169. The largest absolute Gasteiger partial charge is 0.445 e. The number of carbonyl (C=O) groups is 4. The Morgan fingerprint density at radius 2 is 1.63 bits per heavy atom. The van der Waals surface area contributed by atoms with Crippen LogP contribution in [0.15, 0.2) is 97.6 Å². The number of hydrogen-bond acceptors (Lipinski definition) is 6. The molecule has 3 aromatic carbocycles. The third kappa shape index (κ3) is 8.82. The Balaban J connectivity index is 1.37. The van der Waals surface area contributed by atoms with Gasteiger partial charge in [0.25, 0.3) is 0 Å². The van der Waals surface area contributed by atoms with Gasteiger partial charge in [-0.3, -0.25) is 9.59 Å². The number of urea groups is 1. The number of likely N-dealkylation sites (N-methyl/N-ethyl adjacent to an activating group) is 1. The van der Waals surface area contributed by atoms with E-state index in [1.807, 2.05) is 36.4 Å². The van der Waals surface area contributed by atoms with Crippen LogP contribution in [0.25, 0.3) is 0 Å². The van der Waals surface area contributed by atoms with Gasteiger partial charge in [-0.2, -0.15) is 0 Å². The van der Waals surface area contributed by atoms with E-state index >= 15 is 0 Å². The molecule has 0 aliphatic carbocycles. The number of alkyl carbamates (subject to hydrolysis) is 1. The van der Waals surface area contributed by atoms with E-state index in [4.69, 9.17) is 4.74 Å². The molecule has 5 amide bonds. The molecule has 0 saturated carbocycles. The maximum Gasteiger partial charge on any atom is 0.407 e. The van der Waals surface area contributed by atoms with Crippen molar-refractivity contribution in [2.75, 3.05) is 39.8 Å². The van der Waals surface area contributed by atoms with Crippen LogP contribution in [0.4, 0.5) is 14.0 Å². The van der Waals surface area contributed by atoms with E-state index in [9.17, 15) is 23.6 Å². The lowest BCUT2D eigenvalue weighted by molar-refractivity contribution is -0.187. The second-order valence-electron chi connectivity index (χ2n) is 12.1. The Bertz CT molecular complexity index is 1550. The van der Waals surface area contributed by atoms with Crippen molar-refractivity contribution in [3.05, 3.63) is 120 Å². The molecule has 3 aromatic rings. The molecule has 0 aromatic heterocycles. The molecule has 11 nitrogen and oxygen atoms in total. The molecule has 0 spiro atoms. The highest BCUT2D eigenvalue weighted by atomic mass is 19.1. The number of hydrazine groups is 1. The third-order valence-electron chi connectivity index (χ3n) is 8.85. The van der Waals surface area contributed by atoms with Gasteiger partial charge >= 0.3 is 12.1 Å². The van der Waals surface area contributed by atoms with E-state index in [2.05, 4.69) is 41.5 Å². The lowest BCUT2D eigenvalue weighted by Gasteiger charge is -2.54. The highest BCUT2D eigenvalue weighted by molar-refractivity contribution is 5.91. The Morgan fingerprint density at radius 3 is 2.27 bits per heavy atom. The predicted octanol–water partition coefficient (Wildman–Crippen LogP) is 4.48. The highest BCUT2D eigenvalue weighted by Crippen LogP contribution is 2.31. The van der Waals surface area contributed by atoms with Crippen LogP contribution in [-0.2, 0) is 20.9 Å². The standard InChI is InChI=1S/C37H43FN6O5/c1-3-23-49-37(48)39-21-10-15-32-35(46)42(22-20-31(28-11-6-4-7-12-28)29-13-8-5-9-14-29)25-33-43(32)34(45)26-41(2)44(33)36(47)40-24-27-16-18-30(38)19-17-27/h3-9,11-14,16-19,31-33H,1,10,15,20-26H2,2H3,(H,39,48)(H,40,47)/t32-,33-/m0/s1. The van der Waals surface area contributed by atoms with Crippen LogP contribution in [0, 0.1) is 5.82 Å². The summed E-state index contributed by atoms with van der Waals surface area (Å²) in [5.74, 6) is -0.820. The Hall–Kier alpha value is -5.23. The van der Waals surface area contributed by atoms with Gasteiger partial charge in [-0.15, -0.1) is 0 Å². The summed E-state index contributed by atoms with van der Waals surface area (Å²) >= 11 is 0. The lowest BCUT2D eigenvalue weighted by Crippen LogP contribution is -2.76. The van der Waals surface area contributed by atoms with Crippen molar-refractivity contribution in [3.8, 4) is 0 Å². The molecule has 0 unspecified atom stereocenters. The fraction of sp³-hybridized carbons (Fsp3) is 0.351. The fourth-order valence-corrected chi connectivity index (χ4v) is 6.50. The highest BCUT2D eigenvalue weighted by Gasteiger charge is 2.50. The van der Waals surface area contributed by atoms with Gasteiger partial charge in [0.1, 0.15) is 24.6 Å². The second-order valence-corrected chi connectivity index (χ2v) is 12.1. The van der Waals surface area contributed by atoms with Crippen LogP contribution in [0.5, 0.6) is 0 Å². The van der Waals surface area contributed by atoms with Gasteiger partial charge in [0.15, 0.2) is 0 Å². The molecule has 2 fully saturated rings. The van der Waals surface area contributed by atoms with Crippen LogP contribution in [0.1, 0.15) is 41.9 Å². The number of carbonyl (C=O) groups excluding carboxylic acids is 4. The number of hydrogen-bond donors (Lipinski definition) is 2. The zero-order valence-electron chi connectivity index (χ0n) is 27.7. The monoisotopic (exact) mass is 670 g/mol. The van der Waals surface area contributed by atoms with Crippen molar-refractivity contribution in [2.45, 2.75) is 43.9 Å². The molecule has 2 aliphatic rings. The fourth-order valence-electron chi connectivity index (χ4n) is 6.50. The number of halogens is 1. The van der Waals surface area contributed by atoms with Crippen LogP contribution < -0.4 is 10.6 Å². The van der Waals surface area contributed by atoms with Gasteiger partial charge in [-0.25, -0.2) is 24.0 Å². The molecule has 2 N–H and O–H groups in total. The molecule has 2 atom stereocenters. The smallest absolute Gasteiger partial charge is 0.407 e. The summed E-state index contributed by atoms with van der Waals surface area (Å²) < 4.78 is 18.4. The van der Waals surface area contributed by atoms with Crippen molar-refractivity contribution in [2.24, 2.45) is 0 Å². The van der Waals surface area contributed by atoms with Gasteiger partial charge in [0.2, 0.25) is 11.8 Å². The van der Waals surface area contributed by atoms with Crippen LogP contribution >= 0.6 is 0 Å². The maximum absolute atomic E-state index is 14.2. The normalized spacial score (nSPS) is 17.9. The molecule has 2 aliphatic heterocycles. The molecule has 49 heavy (non-hydrogen) atoms. The first kappa shape index (κ1) is 35.1. The number of piperazine rings is 1. The number of ether oxygens (including phenoxy) is 1. The topological polar surface area (TPSA) is 115 Å². The van der Waals surface area contributed by atoms with Crippen LogP contribution in [-0.4, -0.2) is 95.8 Å². The molecule has 5 rings (SSSR count). The van der Waals surface area contributed by atoms with Gasteiger partial charge < -0.3 is 25.2 Å². The van der Waals surface area contributed by atoms with Crippen molar-refractivity contribution < 1.29 is 28.3 Å². The molecule has 12 heteroatoms. The second kappa shape index (κ2) is 16.7. The summed E-state index contributed by atoms with van der Waals surface area (Å²) in [6.07, 6.45) is 1.40. The van der Waals surface area contributed by atoms with Crippen LogP contribution in [0.3, 0.4) is 0 Å². The summed E-state index contributed by atoms with van der Waals surface area (Å²) in [6.45, 7) is 4.41. The molecule has 2 saturated heterocycles. The third-order valence-corrected chi connectivity index (χ3v) is 8.85. The molecule has 2 heterocycles. The average molecular weight is 671 g/mol. The average Bonchev–Trinajstić information content (AvgIpc) is 3.11. The summed E-state index contributed by atoms with van der Waals surface area (Å²) in [4.78, 5) is 56.8.